The molecule has 0 atom stereocenters. The second-order valence-corrected chi connectivity index (χ2v) is 5.73. The molecule has 0 radical (unpaired) electrons. The van der Waals surface area contributed by atoms with E-state index in [1.54, 1.807) is 6.92 Å². The first kappa shape index (κ1) is 14.8. The molecule has 22 heavy (non-hydrogen) atoms. The molecule has 1 aromatic heterocycles. The summed E-state index contributed by atoms with van der Waals surface area (Å²) in [6, 6.07) is 8.05. The maximum absolute atomic E-state index is 13.7. The number of hydrogen-bond donors (Lipinski definition) is 0. The van der Waals surface area contributed by atoms with Crippen molar-refractivity contribution in [3.8, 4) is 11.6 Å². The lowest BCUT2D eigenvalue weighted by Crippen LogP contribution is -1.99. The monoisotopic (exact) mass is 364 g/mol. The van der Waals surface area contributed by atoms with E-state index in [0.29, 0.717) is 11.4 Å². The molecule has 0 aliphatic carbocycles. The Morgan fingerprint density at radius 1 is 1.05 bits per heavy atom. The second kappa shape index (κ2) is 5.61. The summed E-state index contributed by atoms with van der Waals surface area (Å²) < 4.78 is 33.5. The minimum atomic E-state index is -1.00. The van der Waals surface area contributed by atoms with Gasteiger partial charge in [-0.3, -0.25) is 0 Å². The van der Waals surface area contributed by atoms with E-state index < -0.39 is 11.6 Å². The van der Waals surface area contributed by atoms with Gasteiger partial charge in [0.25, 0.3) is 0 Å². The molecule has 0 saturated heterocycles. The van der Waals surface area contributed by atoms with Crippen LogP contribution in [0.25, 0.3) is 11.0 Å². The van der Waals surface area contributed by atoms with Crippen LogP contribution >= 0.6 is 15.9 Å². The Bertz CT molecular complexity index is 884. The Morgan fingerprint density at radius 3 is 2.59 bits per heavy atom. The van der Waals surface area contributed by atoms with Crippen LogP contribution in [-0.2, 0) is 0 Å². The highest BCUT2D eigenvalue weighted by atomic mass is 79.9. The summed E-state index contributed by atoms with van der Waals surface area (Å²) in [5, 5.41) is 0. The number of rotatable bonds is 2. The highest BCUT2D eigenvalue weighted by Crippen LogP contribution is 2.31. The lowest BCUT2D eigenvalue weighted by Gasteiger charge is -2.11. The molecule has 1 heterocycles. The molecule has 3 aromatic rings. The summed E-state index contributed by atoms with van der Waals surface area (Å²) in [6.07, 6.45) is 0. The van der Waals surface area contributed by atoms with Crippen LogP contribution in [0.1, 0.15) is 11.3 Å². The van der Waals surface area contributed by atoms with E-state index in [-0.39, 0.29) is 16.9 Å². The van der Waals surface area contributed by atoms with Crippen LogP contribution < -0.4 is 4.74 Å². The predicted molar refractivity (Wildman–Crippen MR) is 83.1 cm³/mol. The van der Waals surface area contributed by atoms with Gasteiger partial charge in [-0.2, -0.15) is 0 Å². The number of aryl methyl sites for hydroxylation is 2. The van der Waals surface area contributed by atoms with Crippen LogP contribution in [0.4, 0.5) is 8.78 Å². The van der Waals surface area contributed by atoms with Gasteiger partial charge in [-0.25, -0.2) is 18.7 Å². The molecule has 0 bridgehead atoms. The zero-order chi connectivity index (χ0) is 15.9. The van der Waals surface area contributed by atoms with E-state index in [1.165, 1.54) is 6.07 Å². The number of hydrogen-bond acceptors (Lipinski definition) is 3. The van der Waals surface area contributed by atoms with Crippen LogP contribution in [0.15, 0.2) is 34.8 Å². The summed E-state index contributed by atoms with van der Waals surface area (Å²) >= 11 is 3.40. The van der Waals surface area contributed by atoms with Crippen molar-refractivity contribution in [3.63, 3.8) is 0 Å². The summed E-state index contributed by atoms with van der Waals surface area (Å²) in [7, 11) is 0. The van der Waals surface area contributed by atoms with Crippen LogP contribution in [0.2, 0.25) is 0 Å². The predicted octanol–water partition coefficient (Wildman–Crippen LogP) is 5.08. The van der Waals surface area contributed by atoms with Crippen LogP contribution in [0, 0.1) is 25.5 Å². The highest BCUT2D eigenvalue weighted by Gasteiger charge is 2.14. The fraction of sp³-hybridized carbons (Fsp3) is 0.125. The molecule has 0 saturated carbocycles. The fourth-order valence-electron chi connectivity index (χ4n) is 2.02. The minimum absolute atomic E-state index is 0.104. The average molecular weight is 365 g/mol. The third kappa shape index (κ3) is 2.66. The van der Waals surface area contributed by atoms with Gasteiger partial charge in [-0.1, -0.05) is 6.07 Å². The van der Waals surface area contributed by atoms with E-state index in [9.17, 15) is 8.78 Å². The molecule has 3 nitrogen and oxygen atoms in total. The van der Waals surface area contributed by atoms with Gasteiger partial charge in [0.2, 0.25) is 5.88 Å². The van der Waals surface area contributed by atoms with E-state index in [2.05, 4.69) is 25.9 Å². The Labute approximate surface area is 134 Å². The van der Waals surface area contributed by atoms with Crippen molar-refractivity contribution in [2.24, 2.45) is 0 Å². The molecular formula is C16H11BrF2N2O. The van der Waals surface area contributed by atoms with Crippen molar-refractivity contribution in [2.75, 3.05) is 0 Å². The van der Waals surface area contributed by atoms with Gasteiger partial charge < -0.3 is 4.74 Å². The number of aromatic nitrogens is 2. The maximum Gasteiger partial charge on any atom is 0.241 e. The van der Waals surface area contributed by atoms with Crippen molar-refractivity contribution < 1.29 is 13.5 Å². The molecule has 0 unspecified atom stereocenters. The van der Waals surface area contributed by atoms with Crippen LogP contribution in [-0.4, -0.2) is 9.97 Å². The van der Waals surface area contributed by atoms with Crippen LogP contribution in [0.3, 0.4) is 0 Å². The summed E-state index contributed by atoms with van der Waals surface area (Å²) in [5.74, 6) is -1.11. The summed E-state index contributed by atoms with van der Waals surface area (Å²) in [5.41, 5.74) is 1.54. The third-order valence-corrected chi connectivity index (χ3v) is 3.81. The molecule has 0 amide bonds. The Morgan fingerprint density at radius 2 is 1.82 bits per heavy atom. The second-order valence-electron chi connectivity index (χ2n) is 4.88. The van der Waals surface area contributed by atoms with Gasteiger partial charge in [-0.15, -0.1) is 0 Å². The molecule has 6 heteroatoms. The van der Waals surface area contributed by atoms with E-state index in [0.717, 1.165) is 16.1 Å². The number of ether oxygens (including phenoxy) is 1. The number of nitrogens with zero attached hydrogens (tertiary/aromatic N) is 2. The molecule has 0 fully saturated rings. The van der Waals surface area contributed by atoms with Crippen molar-refractivity contribution in [1.29, 1.82) is 0 Å². The van der Waals surface area contributed by atoms with E-state index >= 15 is 0 Å². The van der Waals surface area contributed by atoms with E-state index in [1.807, 2.05) is 25.1 Å². The molecule has 3 rings (SSSR count). The zero-order valence-corrected chi connectivity index (χ0v) is 13.4. The van der Waals surface area contributed by atoms with Gasteiger partial charge in [-0.05, 0) is 59.6 Å². The van der Waals surface area contributed by atoms with Gasteiger partial charge in [0, 0.05) is 0 Å². The first-order valence-corrected chi connectivity index (χ1v) is 7.31. The fourth-order valence-corrected chi connectivity index (χ4v) is 2.35. The Kier molecular flexibility index (Phi) is 3.78. The van der Waals surface area contributed by atoms with Crippen molar-refractivity contribution in [2.45, 2.75) is 13.8 Å². The molecule has 0 N–H and O–H groups in total. The SMILES string of the molecule is Cc1ccc(Br)c(Oc2nc3ccc(F)c(F)c3nc2C)c1. The topological polar surface area (TPSA) is 35.0 Å². The number of benzene rings is 2. The summed E-state index contributed by atoms with van der Waals surface area (Å²) in [4.78, 5) is 8.30. The average Bonchev–Trinajstić information content (AvgIpc) is 2.48. The maximum atomic E-state index is 13.7. The first-order chi connectivity index (χ1) is 10.5. The van der Waals surface area contributed by atoms with E-state index in [4.69, 9.17) is 4.74 Å². The highest BCUT2D eigenvalue weighted by molar-refractivity contribution is 9.10. The normalized spacial score (nSPS) is 11.0. The van der Waals surface area contributed by atoms with Gasteiger partial charge in [0.05, 0.1) is 9.99 Å². The van der Waals surface area contributed by atoms with Crippen molar-refractivity contribution >= 4 is 27.0 Å². The van der Waals surface area contributed by atoms with Crippen molar-refractivity contribution in [1.82, 2.24) is 9.97 Å². The minimum Gasteiger partial charge on any atom is -0.436 e. The van der Waals surface area contributed by atoms with Gasteiger partial charge in [0.15, 0.2) is 11.6 Å². The van der Waals surface area contributed by atoms with Crippen LogP contribution in [0.5, 0.6) is 11.6 Å². The molecular weight excluding hydrogens is 354 g/mol. The summed E-state index contributed by atoms with van der Waals surface area (Å²) in [6.45, 7) is 3.58. The quantitative estimate of drug-likeness (QED) is 0.635. The standard InChI is InChI=1S/C16H11BrF2N2O/c1-8-3-4-10(17)13(7-8)22-16-9(2)20-15-12(21-16)6-5-11(18)14(15)19/h3-7H,1-2H3. The number of halogens is 3. The van der Waals surface area contributed by atoms with Gasteiger partial charge in [0.1, 0.15) is 17.0 Å². The third-order valence-electron chi connectivity index (χ3n) is 3.15. The lowest BCUT2D eigenvalue weighted by atomic mass is 10.2. The molecule has 112 valence electrons. The number of fused-ring (bicyclic) bond motifs is 1. The Hall–Kier alpha value is -2.08. The largest absolute Gasteiger partial charge is 0.436 e. The van der Waals surface area contributed by atoms with Gasteiger partial charge >= 0.3 is 0 Å². The first-order valence-electron chi connectivity index (χ1n) is 6.52. The molecule has 0 aliphatic heterocycles. The molecule has 2 aromatic carbocycles. The zero-order valence-electron chi connectivity index (χ0n) is 11.8. The van der Waals surface area contributed by atoms with Crippen molar-refractivity contribution in [3.05, 3.63) is 57.7 Å². The molecule has 0 spiro atoms. The lowest BCUT2D eigenvalue weighted by molar-refractivity contribution is 0.454. The Balaban J connectivity index is 2.10. The smallest absolute Gasteiger partial charge is 0.241 e. The molecule has 0 aliphatic rings.